The van der Waals surface area contributed by atoms with Gasteiger partial charge in [-0.25, -0.2) is 17.6 Å². The van der Waals surface area contributed by atoms with Gasteiger partial charge in [-0.3, -0.25) is 0 Å². The highest BCUT2D eigenvalue weighted by Crippen LogP contribution is 2.20. The van der Waals surface area contributed by atoms with E-state index in [1.54, 1.807) is 0 Å². The maximum absolute atomic E-state index is 13.6. The summed E-state index contributed by atoms with van der Waals surface area (Å²) in [4.78, 5) is 11.9. The van der Waals surface area contributed by atoms with Gasteiger partial charge in [0.1, 0.15) is 12.4 Å². The molecule has 4 nitrogen and oxygen atoms in total. The average molecular weight is 343 g/mol. The van der Waals surface area contributed by atoms with Crippen LogP contribution in [0.25, 0.3) is 0 Å². The Morgan fingerprint density at radius 3 is 2.55 bits per heavy atom. The minimum Gasteiger partial charge on any atom is -0.457 e. The molecule has 0 atom stereocenters. The number of carbonyl (C=O) groups is 1. The van der Waals surface area contributed by atoms with Gasteiger partial charge in [0.15, 0.2) is 9.84 Å². The van der Waals surface area contributed by atoms with Crippen LogP contribution >= 0.6 is 11.6 Å². The number of rotatable bonds is 4. The number of carbonyl (C=O) groups excluding carboxylic acids is 1. The minimum absolute atomic E-state index is 0.00544. The Kier molecular flexibility index (Phi) is 4.83. The van der Waals surface area contributed by atoms with Gasteiger partial charge in [0, 0.05) is 11.8 Å². The van der Waals surface area contributed by atoms with Gasteiger partial charge in [-0.1, -0.05) is 23.7 Å². The zero-order chi connectivity index (χ0) is 16.3. The van der Waals surface area contributed by atoms with Crippen LogP contribution in [0.2, 0.25) is 5.02 Å². The molecule has 0 spiro atoms. The van der Waals surface area contributed by atoms with Crippen LogP contribution < -0.4 is 0 Å². The summed E-state index contributed by atoms with van der Waals surface area (Å²) in [5, 5.41) is 0.151. The third-order valence-electron chi connectivity index (χ3n) is 2.91. The molecule has 0 aromatic heterocycles. The second-order valence-corrected chi connectivity index (χ2v) is 7.00. The normalized spacial score (nSPS) is 11.2. The van der Waals surface area contributed by atoms with E-state index in [0.29, 0.717) is 0 Å². The van der Waals surface area contributed by atoms with Crippen molar-refractivity contribution in [2.24, 2.45) is 0 Å². The fourth-order valence-electron chi connectivity index (χ4n) is 1.74. The van der Waals surface area contributed by atoms with E-state index < -0.39 is 21.6 Å². The number of benzene rings is 2. The smallest absolute Gasteiger partial charge is 0.338 e. The first-order valence-electron chi connectivity index (χ1n) is 6.19. The number of sulfone groups is 1. The van der Waals surface area contributed by atoms with Crippen molar-refractivity contribution >= 4 is 27.4 Å². The van der Waals surface area contributed by atoms with Gasteiger partial charge in [-0.05, 0) is 30.3 Å². The summed E-state index contributed by atoms with van der Waals surface area (Å²) >= 11 is 5.83. The zero-order valence-corrected chi connectivity index (χ0v) is 13.1. The molecule has 0 bridgehead atoms. The summed E-state index contributed by atoms with van der Waals surface area (Å²) in [5.41, 5.74) is 0.132. The highest BCUT2D eigenvalue weighted by atomic mass is 35.5. The summed E-state index contributed by atoms with van der Waals surface area (Å²) in [6, 6.07) is 9.57. The standard InChI is InChI=1S/C15H12ClFO4S/c1-22(19,20)11-5-2-4-10(8-11)15(18)21-9-12-13(16)6-3-7-14(12)17/h2-8H,9H2,1H3. The number of ether oxygens (including phenoxy) is 1. The van der Waals surface area contributed by atoms with Crippen molar-refractivity contribution in [2.45, 2.75) is 11.5 Å². The molecule has 2 rings (SSSR count). The maximum Gasteiger partial charge on any atom is 0.338 e. The number of hydrogen-bond donors (Lipinski definition) is 0. The molecule has 0 aliphatic rings. The third kappa shape index (κ3) is 3.84. The minimum atomic E-state index is -3.43. The van der Waals surface area contributed by atoms with Crippen LogP contribution in [-0.4, -0.2) is 20.6 Å². The van der Waals surface area contributed by atoms with Gasteiger partial charge in [-0.2, -0.15) is 0 Å². The molecule has 0 fully saturated rings. The van der Waals surface area contributed by atoms with E-state index in [-0.39, 0.29) is 27.7 Å². The third-order valence-corrected chi connectivity index (χ3v) is 4.37. The monoisotopic (exact) mass is 342 g/mol. The molecule has 2 aromatic carbocycles. The second kappa shape index (κ2) is 6.46. The Labute approximate surface area is 132 Å². The molecule has 0 saturated heterocycles. The summed E-state index contributed by atoms with van der Waals surface area (Å²) < 4.78 is 41.5. The van der Waals surface area contributed by atoms with Crippen molar-refractivity contribution in [1.29, 1.82) is 0 Å². The first-order chi connectivity index (χ1) is 10.3. The van der Waals surface area contributed by atoms with E-state index in [9.17, 15) is 17.6 Å². The maximum atomic E-state index is 13.6. The summed E-state index contributed by atoms with van der Waals surface area (Å²) in [6.45, 7) is -0.340. The summed E-state index contributed by atoms with van der Waals surface area (Å²) in [5.74, 6) is -1.34. The molecule has 0 aliphatic carbocycles. The van der Waals surface area contributed by atoms with Crippen LogP contribution in [-0.2, 0) is 21.2 Å². The van der Waals surface area contributed by atoms with Crippen LogP contribution in [0.15, 0.2) is 47.4 Å². The van der Waals surface area contributed by atoms with Crippen molar-refractivity contribution in [3.63, 3.8) is 0 Å². The second-order valence-electron chi connectivity index (χ2n) is 4.58. The lowest BCUT2D eigenvalue weighted by molar-refractivity contribution is 0.0469. The molecule has 0 radical (unpaired) electrons. The molecule has 2 aromatic rings. The van der Waals surface area contributed by atoms with Crippen molar-refractivity contribution in [2.75, 3.05) is 6.26 Å². The van der Waals surface area contributed by atoms with E-state index in [1.165, 1.54) is 42.5 Å². The topological polar surface area (TPSA) is 60.4 Å². The van der Waals surface area contributed by atoms with Crippen molar-refractivity contribution in [3.8, 4) is 0 Å². The largest absolute Gasteiger partial charge is 0.457 e. The number of esters is 1. The highest BCUT2D eigenvalue weighted by molar-refractivity contribution is 7.90. The molecule has 7 heteroatoms. The van der Waals surface area contributed by atoms with Crippen LogP contribution in [0, 0.1) is 5.82 Å². The lowest BCUT2D eigenvalue weighted by Gasteiger charge is -2.08. The van der Waals surface area contributed by atoms with Gasteiger partial charge in [0.25, 0.3) is 0 Å². The molecule has 0 N–H and O–H groups in total. The first kappa shape index (κ1) is 16.5. The highest BCUT2D eigenvalue weighted by Gasteiger charge is 2.14. The lowest BCUT2D eigenvalue weighted by Crippen LogP contribution is -2.08. The zero-order valence-electron chi connectivity index (χ0n) is 11.5. The molecule has 0 aliphatic heterocycles. The van der Waals surface area contributed by atoms with Crippen LogP contribution in [0.4, 0.5) is 4.39 Å². The summed E-state index contributed by atoms with van der Waals surface area (Å²) in [7, 11) is -3.43. The quantitative estimate of drug-likeness (QED) is 0.800. The molecular formula is C15H12ClFO4S. The molecule has 0 heterocycles. The van der Waals surface area contributed by atoms with Gasteiger partial charge in [-0.15, -0.1) is 0 Å². The van der Waals surface area contributed by atoms with Crippen molar-refractivity contribution in [1.82, 2.24) is 0 Å². The number of hydrogen-bond acceptors (Lipinski definition) is 4. The van der Waals surface area contributed by atoms with Crippen LogP contribution in [0.1, 0.15) is 15.9 Å². The van der Waals surface area contributed by atoms with E-state index >= 15 is 0 Å². The Hall–Kier alpha value is -1.92. The van der Waals surface area contributed by atoms with Gasteiger partial charge in [0.2, 0.25) is 0 Å². The van der Waals surface area contributed by atoms with E-state index in [0.717, 1.165) is 6.26 Å². The SMILES string of the molecule is CS(=O)(=O)c1cccc(C(=O)OCc2c(F)cccc2Cl)c1. The molecule has 0 amide bonds. The Balaban J connectivity index is 2.17. The van der Waals surface area contributed by atoms with E-state index in [2.05, 4.69) is 0 Å². The van der Waals surface area contributed by atoms with Crippen LogP contribution in [0.3, 0.4) is 0 Å². The van der Waals surface area contributed by atoms with E-state index in [1.807, 2.05) is 0 Å². The fourth-order valence-corrected chi connectivity index (χ4v) is 2.63. The Morgan fingerprint density at radius 2 is 1.91 bits per heavy atom. The van der Waals surface area contributed by atoms with E-state index in [4.69, 9.17) is 16.3 Å². The number of halogens is 2. The molecule has 0 saturated carbocycles. The van der Waals surface area contributed by atoms with Gasteiger partial charge < -0.3 is 4.74 Å². The first-order valence-corrected chi connectivity index (χ1v) is 8.46. The average Bonchev–Trinajstić information content (AvgIpc) is 2.46. The van der Waals surface area contributed by atoms with Crippen molar-refractivity contribution in [3.05, 3.63) is 64.4 Å². The molecule has 0 unspecified atom stereocenters. The molecule has 116 valence electrons. The van der Waals surface area contributed by atoms with Gasteiger partial charge >= 0.3 is 5.97 Å². The Morgan fingerprint density at radius 1 is 1.23 bits per heavy atom. The predicted molar refractivity (Wildman–Crippen MR) is 80.1 cm³/mol. The Bertz CT molecular complexity index is 798. The molecular weight excluding hydrogens is 331 g/mol. The lowest BCUT2D eigenvalue weighted by atomic mass is 10.2. The van der Waals surface area contributed by atoms with Crippen molar-refractivity contribution < 1.29 is 22.3 Å². The van der Waals surface area contributed by atoms with Crippen LogP contribution in [0.5, 0.6) is 0 Å². The summed E-state index contributed by atoms with van der Waals surface area (Å²) in [6.07, 6.45) is 1.04. The predicted octanol–water partition coefficient (Wildman–Crippen LogP) is 3.24. The van der Waals surface area contributed by atoms with Gasteiger partial charge in [0.05, 0.1) is 15.5 Å². The fraction of sp³-hybridized carbons (Fsp3) is 0.133. The molecule has 22 heavy (non-hydrogen) atoms.